The molecule has 0 bridgehead atoms. The molecule has 0 spiro atoms. The summed E-state index contributed by atoms with van der Waals surface area (Å²) in [5, 5.41) is 1.20. The maximum absolute atomic E-state index is 11.7. The Labute approximate surface area is 120 Å². The molecule has 0 amide bonds. The maximum atomic E-state index is 11.7. The fraction of sp³-hybridized carbons (Fsp3) is 0.467. The van der Waals surface area contributed by atoms with E-state index in [1.54, 1.807) is 0 Å². The second-order valence-electron chi connectivity index (χ2n) is 5.13. The average Bonchev–Trinajstić information content (AvgIpc) is 2.78. The standard InChI is InChI=1S/C15H22N2O2S/c1-4-6-13-10-16-15-8-7-12(9-14(13)15)11-17(5-2)20(3,18)19/h7-10,16H,4-6,11H2,1-3H3. The number of nitrogens with zero attached hydrogens (tertiary/aromatic N) is 1. The Balaban J connectivity index is 2.33. The Kier molecular flexibility index (Phi) is 4.50. The van der Waals surface area contributed by atoms with Gasteiger partial charge in [0.1, 0.15) is 0 Å². The van der Waals surface area contributed by atoms with Gasteiger partial charge in [-0.2, -0.15) is 4.31 Å². The molecule has 0 aliphatic rings. The van der Waals surface area contributed by atoms with Crippen LogP contribution in [0.25, 0.3) is 10.9 Å². The molecule has 110 valence electrons. The van der Waals surface area contributed by atoms with Crippen LogP contribution in [0.3, 0.4) is 0 Å². The van der Waals surface area contributed by atoms with Crippen LogP contribution in [-0.2, 0) is 23.0 Å². The lowest BCUT2D eigenvalue weighted by atomic mass is 10.1. The van der Waals surface area contributed by atoms with Crippen LogP contribution in [0.5, 0.6) is 0 Å². The number of nitrogens with one attached hydrogen (secondary N) is 1. The summed E-state index contributed by atoms with van der Waals surface area (Å²) in [4.78, 5) is 3.27. The smallest absolute Gasteiger partial charge is 0.211 e. The van der Waals surface area contributed by atoms with E-state index in [9.17, 15) is 8.42 Å². The van der Waals surface area contributed by atoms with Crippen LogP contribution < -0.4 is 0 Å². The first-order valence-electron chi connectivity index (χ1n) is 6.99. The summed E-state index contributed by atoms with van der Waals surface area (Å²) in [5.41, 5.74) is 3.44. The number of aryl methyl sites for hydroxylation is 1. The van der Waals surface area contributed by atoms with Gasteiger partial charge in [-0.05, 0) is 29.7 Å². The molecule has 2 aromatic rings. The molecule has 0 saturated heterocycles. The van der Waals surface area contributed by atoms with Gasteiger partial charge in [0, 0.05) is 30.2 Å². The molecule has 0 aliphatic carbocycles. The van der Waals surface area contributed by atoms with E-state index in [2.05, 4.69) is 18.0 Å². The van der Waals surface area contributed by atoms with E-state index < -0.39 is 10.0 Å². The first-order valence-corrected chi connectivity index (χ1v) is 8.84. The molecule has 1 N–H and O–H groups in total. The number of fused-ring (bicyclic) bond motifs is 1. The summed E-state index contributed by atoms with van der Waals surface area (Å²) in [6.07, 6.45) is 5.44. The molecule has 1 aromatic heterocycles. The van der Waals surface area contributed by atoms with Gasteiger partial charge in [0.25, 0.3) is 0 Å². The minimum Gasteiger partial charge on any atom is -0.361 e. The van der Waals surface area contributed by atoms with Crippen molar-refractivity contribution in [2.45, 2.75) is 33.2 Å². The van der Waals surface area contributed by atoms with Crippen LogP contribution in [0.1, 0.15) is 31.4 Å². The van der Waals surface area contributed by atoms with E-state index >= 15 is 0 Å². The average molecular weight is 294 g/mol. The number of aromatic nitrogens is 1. The third-order valence-electron chi connectivity index (χ3n) is 3.53. The fourth-order valence-corrected chi connectivity index (χ4v) is 3.32. The highest BCUT2D eigenvalue weighted by Crippen LogP contribution is 2.22. The first-order chi connectivity index (χ1) is 9.45. The number of benzene rings is 1. The van der Waals surface area contributed by atoms with Crippen LogP contribution in [0.2, 0.25) is 0 Å². The lowest BCUT2D eigenvalue weighted by molar-refractivity contribution is 0.428. The van der Waals surface area contributed by atoms with Crippen LogP contribution in [0.15, 0.2) is 24.4 Å². The van der Waals surface area contributed by atoms with Gasteiger partial charge in [-0.3, -0.25) is 0 Å². The van der Waals surface area contributed by atoms with E-state index in [0.29, 0.717) is 13.1 Å². The highest BCUT2D eigenvalue weighted by atomic mass is 32.2. The number of hydrogen-bond acceptors (Lipinski definition) is 2. The zero-order valence-electron chi connectivity index (χ0n) is 12.3. The molecule has 2 rings (SSSR count). The Bertz CT molecular complexity index is 689. The Morgan fingerprint density at radius 2 is 2.00 bits per heavy atom. The third-order valence-corrected chi connectivity index (χ3v) is 4.86. The van der Waals surface area contributed by atoms with E-state index in [0.717, 1.165) is 23.9 Å². The van der Waals surface area contributed by atoms with Crippen molar-refractivity contribution in [3.8, 4) is 0 Å². The molecule has 0 aliphatic heterocycles. The number of H-pyrrole nitrogens is 1. The van der Waals surface area contributed by atoms with Crippen molar-refractivity contribution in [2.75, 3.05) is 12.8 Å². The van der Waals surface area contributed by atoms with Crippen molar-refractivity contribution in [1.29, 1.82) is 0 Å². The maximum Gasteiger partial charge on any atom is 0.211 e. The number of hydrogen-bond donors (Lipinski definition) is 1. The minimum absolute atomic E-state index is 0.433. The van der Waals surface area contributed by atoms with Gasteiger partial charge in [0.2, 0.25) is 10.0 Å². The van der Waals surface area contributed by atoms with Crippen molar-refractivity contribution in [3.63, 3.8) is 0 Å². The summed E-state index contributed by atoms with van der Waals surface area (Å²) >= 11 is 0. The van der Waals surface area contributed by atoms with Gasteiger partial charge >= 0.3 is 0 Å². The van der Waals surface area contributed by atoms with Gasteiger partial charge in [-0.1, -0.05) is 26.3 Å². The highest BCUT2D eigenvalue weighted by Gasteiger charge is 2.15. The zero-order chi connectivity index (χ0) is 14.8. The molecular weight excluding hydrogens is 272 g/mol. The molecule has 0 saturated carbocycles. The van der Waals surface area contributed by atoms with E-state index in [1.807, 2.05) is 25.3 Å². The predicted molar refractivity (Wildman–Crippen MR) is 83.2 cm³/mol. The minimum atomic E-state index is -3.15. The number of sulfonamides is 1. The topological polar surface area (TPSA) is 53.2 Å². The molecule has 0 unspecified atom stereocenters. The van der Waals surface area contributed by atoms with Crippen molar-refractivity contribution in [3.05, 3.63) is 35.5 Å². The summed E-state index contributed by atoms with van der Waals surface area (Å²) in [7, 11) is -3.15. The van der Waals surface area contributed by atoms with E-state index in [1.165, 1.54) is 21.5 Å². The second-order valence-corrected chi connectivity index (χ2v) is 7.12. The van der Waals surface area contributed by atoms with Gasteiger partial charge in [0.15, 0.2) is 0 Å². The van der Waals surface area contributed by atoms with Crippen molar-refractivity contribution in [2.24, 2.45) is 0 Å². The summed E-state index contributed by atoms with van der Waals surface area (Å²) in [5.74, 6) is 0. The largest absolute Gasteiger partial charge is 0.361 e. The number of rotatable bonds is 6. The summed E-state index contributed by atoms with van der Waals surface area (Å²) < 4.78 is 24.8. The predicted octanol–water partition coefficient (Wildman–Crippen LogP) is 2.90. The number of aromatic amines is 1. The van der Waals surface area contributed by atoms with Crippen molar-refractivity contribution < 1.29 is 8.42 Å². The second kappa shape index (κ2) is 5.97. The SMILES string of the molecule is CCCc1c[nH]c2ccc(CN(CC)S(C)(=O)=O)cc12. The van der Waals surface area contributed by atoms with Gasteiger partial charge in [0.05, 0.1) is 6.26 Å². The van der Waals surface area contributed by atoms with Crippen molar-refractivity contribution in [1.82, 2.24) is 9.29 Å². The van der Waals surface area contributed by atoms with Crippen LogP contribution in [0.4, 0.5) is 0 Å². The molecule has 1 aromatic carbocycles. The molecule has 0 atom stereocenters. The lowest BCUT2D eigenvalue weighted by Gasteiger charge is -2.17. The Hall–Kier alpha value is -1.33. The summed E-state index contributed by atoms with van der Waals surface area (Å²) in [6, 6.07) is 6.12. The first kappa shape index (κ1) is 15.1. The Morgan fingerprint density at radius 3 is 2.60 bits per heavy atom. The van der Waals surface area contributed by atoms with Crippen LogP contribution >= 0.6 is 0 Å². The van der Waals surface area contributed by atoms with E-state index in [-0.39, 0.29) is 0 Å². The quantitative estimate of drug-likeness (QED) is 0.890. The monoisotopic (exact) mass is 294 g/mol. The van der Waals surface area contributed by atoms with Crippen LogP contribution in [0, 0.1) is 0 Å². The molecule has 20 heavy (non-hydrogen) atoms. The van der Waals surface area contributed by atoms with Crippen LogP contribution in [-0.4, -0.2) is 30.5 Å². The van der Waals surface area contributed by atoms with Gasteiger partial charge in [-0.15, -0.1) is 0 Å². The van der Waals surface area contributed by atoms with Crippen molar-refractivity contribution >= 4 is 20.9 Å². The van der Waals surface area contributed by atoms with Gasteiger partial charge in [-0.25, -0.2) is 8.42 Å². The molecule has 0 radical (unpaired) electrons. The highest BCUT2D eigenvalue weighted by molar-refractivity contribution is 7.88. The zero-order valence-corrected chi connectivity index (χ0v) is 13.1. The van der Waals surface area contributed by atoms with E-state index in [4.69, 9.17) is 0 Å². The third kappa shape index (κ3) is 3.22. The molecule has 4 nitrogen and oxygen atoms in total. The fourth-order valence-electron chi connectivity index (χ4n) is 2.47. The molecular formula is C15H22N2O2S. The Morgan fingerprint density at radius 1 is 1.25 bits per heavy atom. The molecule has 0 fully saturated rings. The molecule has 1 heterocycles. The van der Waals surface area contributed by atoms with Gasteiger partial charge < -0.3 is 4.98 Å². The normalized spacial score (nSPS) is 12.4. The summed E-state index contributed by atoms with van der Waals surface area (Å²) in [6.45, 7) is 4.94. The molecule has 5 heteroatoms. The lowest BCUT2D eigenvalue weighted by Crippen LogP contribution is -2.29.